The van der Waals surface area contributed by atoms with Crippen molar-refractivity contribution in [3.05, 3.63) is 12.2 Å². The van der Waals surface area contributed by atoms with Crippen LogP contribution in [-0.4, -0.2) is 43.6 Å². The Morgan fingerprint density at radius 3 is 2.54 bits per heavy atom. The first kappa shape index (κ1) is 12.1. The highest BCUT2D eigenvalue weighted by molar-refractivity contribution is 7.87. The molecule has 0 aliphatic rings. The van der Waals surface area contributed by atoms with Gasteiger partial charge in [-0.1, -0.05) is 12.2 Å². The second kappa shape index (κ2) is 5.68. The molecule has 0 aromatic rings. The van der Waals surface area contributed by atoms with Gasteiger partial charge in [-0.15, -0.1) is 0 Å². The summed E-state index contributed by atoms with van der Waals surface area (Å²) in [6.07, 6.45) is 0.976. The summed E-state index contributed by atoms with van der Waals surface area (Å²) in [4.78, 5) is 9.67. The lowest BCUT2D eigenvalue weighted by atomic mass is 10.4. The Bertz CT molecular complexity index is 267. The lowest BCUT2D eigenvalue weighted by Crippen LogP contribution is -2.20. The Morgan fingerprint density at radius 1 is 1.46 bits per heavy atom. The maximum atomic E-state index is 10.7. The summed E-state index contributed by atoms with van der Waals surface area (Å²) in [5, 5.41) is 17.3. The van der Waals surface area contributed by atoms with Crippen molar-refractivity contribution in [1.82, 2.24) is 0 Å². The lowest BCUT2D eigenvalue weighted by molar-refractivity contribution is -0.120. The third kappa shape index (κ3) is 6.26. The van der Waals surface area contributed by atoms with Crippen molar-refractivity contribution < 1.29 is 27.6 Å². The molecule has 0 spiro atoms. The fourth-order valence-corrected chi connectivity index (χ4v) is 1.31. The molecule has 6 nitrogen and oxygen atoms in total. The highest BCUT2D eigenvalue weighted by Crippen LogP contribution is 1.96. The number of hydrogen-bond acceptors (Lipinski definition) is 6. The van der Waals surface area contributed by atoms with Crippen LogP contribution in [0.4, 0.5) is 0 Å². The Balaban J connectivity index is 4.11. The van der Waals surface area contributed by atoms with Crippen molar-refractivity contribution >= 4 is 16.6 Å². The van der Waals surface area contributed by atoms with Crippen LogP contribution >= 0.6 is 0 Å². The van der Waals surface area contributed by atoms with Crippen LogP contribution in [0.2, 0.25) is 0 Å². The van der Waals surface area contributed by atoms with Crippen molar-refractivity contribution in [1.29, 1.82) is 0 Å². The van der Waals surface area contributed by atoms with Crippen LogP contribution in [0.1, 0.15) is 0 Å². The van der Waals surface area contributed by atoms with Crippen molar-refractivity contribution in [2.24, 2.45) is 0 Å². The molecule has 0 aliphatic carbocycles. The Labute approximate surface area is 75.6 Å². The molecule has 13 heavy (non-hydrogen) atoms. The van der Waals surface area contributed by atoms with Gasteiger partial charge in [-0.05, 0) is 0 Å². The predicted molar refractivity (Wildman–Crippen MR) is 43.2 cm³/mol. The summed E-state index contributed by atoms with van der Waals surface area (Å²) in [6.45, 7) is -0.524. The van der Waals surface area contributed by atoms with Gasteiger partial charge in [0, 0.05) is 0 Å². The Morgan fingerprint density at radius 2 is 2.08 bits per heavy atom. The molecule has 76 valence electrons. The van der Waals surface area contributed by atoms with E-state index < -0.39 is 22.0 Å². The van der Waals surface area contributed by atoms with Crippen molar-refractivity contribution in [2.75, 3.05) is 12.4 Å². The van der Waals surface area contributed by atoms with E-state index in [1.807, 2.05) is 0 Å². The molecule has 0 radical (unpaired) electrons. The van der Waals surface area contributed by atoms with Gasteiger partial charge >= 0.3 is 16.6 Å². The first-order valence-corrected chi connectivity index (χ1v) is 4.90. The fourth-order valence-electron chi connectivity index (χ4n) is 0.582. The second-order valence-corrected chi connectivity index (χ2v) is 3.74. The summed E-state index contributed by atoms with van der Waals surface area (Å²) >= 11 is 0. The van der Waals surface area contributed by atoms with Gasteiger partial charge in [0.15, 0.2) is 0 Å². The smallest absolute Gasteiger partial charge is 0.314 e. The molecule has 1 atom stereocenters. The summed E-state index contributed by atoms with van der Waals surface area (Å²) in [5.74, 6) is -0.720. The van der Waals surface area contributed by atoms with Gasteiger partial charge in [0.05, 0.1) is 12.7 Å². The quantitative estimate of drug-likeness (QED) is 0.311. The molecule has 0 rings (SSSR count). The van der Waals surface area contributed by atoms with E-state index in [4.69, 9.17) is 10.2 Å². The molecule has 0 saturated heterocycles. The van der Waals surface area contributed by atoms with Crippen molar-refractivity contribution in [3.8, 4) is 0 Å². The zero-order valence-corrected chi connectivity index (χ0v) is 7.48. The Hall–Kier alpha value is -0.920. The van der Waals surface area contributed by atoms with Gasteiger partial charge < -0.3 is 14.4 Å². The van der Waals surface area contributed by atoms with E-state index in [0.29, 0.717) is 0 Å². The molecule has 0 fully saturated rings. The van der Waals surface area contributed by atoms with E-state index in [2.05, 4.69) is 4.18 Å². The van der Waals surface area contributed by atoms with Crippen LogP contribution in [0.15, 0.2) is 12.2 Å². The maximum Gasteiger partial charge on any atom is 0.314 e. The van der Waals surface area contributed by atoms with E-state index in [1.54, 1.807) is 0 Å². The van der Waals surface area contributed by atoms with Crippen LogP contribution in [0.5, 0.6) is 0 Å². The maximum absolute atomic E-state index is 10.7. The van der Waals surface area contributed by atoms with E-state index in [0.717, 1.165) is 6.08 Å². The summed E-state index contributed by atoms with van der Waals surface area (Å²) in [6, 6.07) is 0. The topological polar surface area (TPSA) is 101 Å². The van der Waals surface area contributed by atoms with Crippen molar-refractivity contribution in [3.63, 3.8) is 0 Å². The number of hydrogen-bond donors (Lipinski definition) is 2. The van der Waals surface area contributed by atoms with Gasteiger partial charge in [-0.25, -0.2) is 0 Å². The van der Waals surface area contributed by atoms with Crippen LogP contribution < -0.4 is 0 Å². The van der Waals surface area contributed by atoms with Crippen molar-refractivity contribution in [2.45, 2.75) is 6.10 Å². The average molecular weight is 210 g/mol. The minimum Gasteiger partial charge on any atom is -0.392 e. The highest BCUT2D eigenvalue weighted by Gasteiger charge is 2.15. The van der Waals surface area contributed by atoms with Gasteiger partial charge in [0.1, 0.15) is 5.75 Å². The summed E-state index contributed by atoms with van der Waals surface area (Å²) < 4.78 is 25.1. The first-order chi connectivity index (χ1) is 6.02. The third-order valence-corrected chi connectivity index (χ3v) is 2.15. The fraction of sp³-hybridized carbons (Fsp3) is 0.500. The van der Waals surface area contributed by atoms with E-state index in [-0.39, 0.29) is 13.1 Å². The predicted octanol–water partition coefficient (Wildman–Crippen LogP) is -1.60. The summed E-state index contributed by atoms with van der Waals surface area (Å²) in [5.41, 5.74) is 0. The third-order valence-electron chi connectivity index (χ3n) is 1.02. The number of aliphatic hydroxyl groups is 2. The minimum absolute atomic E-state index is 0.224. The van der Waals surface area contributed by atoms with Gasteiger partial charge in [-0.2, -0.15) is 8.42 Å². The second-order valence-electron chi connectivity index (χ2n) is 2.09. The van der Waals surface area contributed by atoms with Gasteiger partial charge in [0.2, 0.25) is 0 Å². The molecular formula is C6H10O6S. The summed E-state index contributed by atoms with van der Waals surface area (Å²) in [7, 11) is -4.01. The largest absolute Gasteiger partial charge is 0.392 e. The number of rotatable bonds is 6. The average Bonchev–Trinajstić information content (AvgIpc) is 1.99. The van der Waals surface area contributed by atoms with Crippen LogP contribution in [0.25, 0.3) is 0 Å². The monoisotopic (exact) mass is 210 g/mol. The van der Waals surface area contributed by atoms with Crippen LogP contribution in [0.3, 0.4) is 0 Å². The van der Waals surface area contributed by atoms with Crippen LogP contribution in [-0.2, 0) is 19.1 Å². The lowest BCUT2D eigenvalue weighted by Gasteiger charge is -2.03. The number of carbonyl (C=O) groups is 1. The molecule has 2 N–H and O–H groups in total. The SMILES string of the molecule is O=COS(=O)(=O)CC(O)C=CCO. The molecule has 0 aromatic carbocycles. The molecule has 0 amide bonds. The first-order valence-electron chi connectivity index (χ1n) is 3.32. The highest BCUT2D eigenvalue weighted by atomic mass is 32.2. The molecule has 0 aromatic heterocycles. The molecule has 1 unspecified atom stereocenters. The molecule has 0 bridgehead atoms. The van der Waals surface area contributed by atoms with E-state index >= 15 is 0 Å². The van der Waals surface area contributed by atoms with Crippen LogP contribution in [0, 0.1) is 0 Å². The van der Waals surface area contributed by atoms with E-state index in [1.165, 1.54) is 6.08 Å². The van der Waals surface area contributed by atoms with Gasteiger partial charge in [-0.3, -0.25) is 4.79 Å². The Kier molecular flexibility index (Phi) is 5.28. The molecule has 7 heteroatoms. The molecule has 0 aliphatic heterocycles. The molecule has 0 saturated carbocycles. The number of carbonyl (C=O) groups excluding carboxylic acids is 1. The standard InChI is InChI=1S/C6H10O6S/c7-3-1-2-6(9)4-13(10,11)12-5-8/h1-2,5-7,9H,3-4H2. The zero-order valence-electron chi connectivity index (χ0n) is 6.66. The molecule has 0 heterocycles. The normalized spacial score (nSPS) is 14.3. The van der Waals surface area contributed by atoms with E-state index in [9.17, 15) is 13.2 Å². The number of aliphatic hydroxyl groups excluding tert-OH is 2. The van der Waals surface area contributed by atoms with Gasteiger partial charge in [0.25, 0.3) is 0 Å². The molecular weight excluding hydrogens is 200 g/mol. The zero-order chi connectivity index (χ0) is 10.3. The minimum atomic E-state index is -4.01.